The number of anilines is 1. The number of benzene rings is 2. The number of amides is 2. The number of alkyl halides is 3. The van der Waals surface area contributed by atoms with Crippen molar-refractivity contribution in [3.8, 4) is 5.75 Å². The number of fused-ring (bicyclic) bond motifs is 1. The first kappa shape index (κ1) is 48.4. The molecule has 0 spiro atoms. The van der Waals surface area contributed by atoms with Gasteiger partial charge < -0.3 is 46.5 Å². The van der Waals surface area contributed by atoms with Crippen molar-refractivity contribution in [2.75, 3.05) is 71.4 Å². The van der Waals surface area contributed by atoms with Crippen LogP contribution in [0.2, 0.25) is 0 Å². The van der Waals surface area contributed by atoms with Crippen LogP contribution in [0.25, 0.3) is 16.7 Å². The fraction of sp³-hybridized carbons (Fsp3) is 0.458. The number of aldehydes is 1. The molecule has 5 heterocycles. The zero-order chi connectivity index (χ0) is 47.1. The minimum atomic E-state index is -2.94. The minimum Gasteiger partial charge on any atom is -0.507 e. The number of carbonyl (C=O) groups excluding carboxylic acids is 3. The molecule has 0 saturated carbocycles. The topological polar surface area (TPSA) is 192 Å². The number of rotatable bonds is 13. The summed E-state index contributed by atoms with van der Waals surface area (Å²) in [6.45, 7) is 8.37. The van der Waals surface area contributed by atoms with Gasteiger partial charge in [-0.3, -0.25) is 19.7 Å². The van der Waals surface area contributed by atoms with Gasteiger partial charge >= 0.3 is 0 Å². The van der Waals surface area contributed by atoms with Crippen LogP contribution in [0.1, 0.15) is 83.1 Å². The summed E-state index contributed by atoms with van der Waals surface area (Å²) in [7, 11) is 3.99. The third-order valence-corrected chi connectivity index (χ3v) is 13.1. The monoisotopic (exact) mass is 900 g/mol. The molecule has 7 rings (SSSR count). The molecule has 3 aliphatic rings. The second kappa shape index (κ2) is 20.8. The molecule has 8 N–H and O–H groups in total. The van der Waals surface area contributed by atoms with E-state index in [-0.39, 0.29) is 42.7 Å². The first-order valence-electron chi connectivity index (χ1n) is 22.1. The third kappa shape index (κ3) is 11.8. The van der Waals surface area contributed by atoms with Crippen LogP contribution in [-0.2, 0) is 9.59 Å². The molecule has 4 aromatic rings. The van der Waals surface area contributed by atoms with Gasteiger partial charge in [-0.05, 0) is 93.6 Å². The average molecular weight is 901 g/mol. The van der Waals surface area contributed by atoms with Crippen molar-refractivity contribution in [1.82, 2.24) is 29.6 Å². The zero-order valence-electron chi connectivity index (χ0n) is 37.8. The molecule has 14 nitrogen and oxygen atoms in total. The Morgan fingerprint density at radius 2 is 1.68 bits per heavy atom. The summed E-state index contributed by atoms with van der Waals surface area (Å²) in [5, 5.41) is 13.3. The Balaban J connectivity index is 0.000000216. The van der Waals surface area contributed by atoms with Gasteiger partial charge in [-0.25, -0.2) is 18.2 Å². The Morgan fingerprint density at radius 3 is 2.32 bits per heavy atom. The number of likely N-dealkylation sites (tertiary alicyclic amines) is 3. The maximum absolute atomic E-state index is 15.3. The van der Waals surface area contributed by atoms with Crippen molar-refractivity contribution in [2.45, 2.75) is 75.9 Å². The first-order valence-corrected chi connectivity index (χ1v) is 22.1. The number of nitrogens with zero attached hydrogens (tertiary/aromatic N) is 6. The minimum absolute atomic E-state index is 0.0138. The molecule has 2 aromatic heterocycles. The van der Waals surface area contributed by atoms with Gasteiger partial charge in [0, 0.05) is 107 Å². The molecule has 0 radical (unpaired) electrons. The highest BCUT2D eigenvalue weighted by Crippen LogP contribution is 2.43. The van der Waals surface area contributed by atoms with Gasteiger partial charge in [0.15, 0.2) is 0 Å². The largest absolute Gasteiger partial charge is 0.507 e. The number of nitrogens with one attached hydrogen (secondary N) is 1. The van der Waals surface area contributed by atoms with Gasteiger partial charge in [0.1, 0.15) is 29.2 Å². The summed E-state index contributed by atoms with van der Waals surface area (Å²) < 4.78 is 47.3. The van der Waals surface area contributed by atoms with E-state index in [2.05, 4.69) is 45.9 Å². The van der Waals surface area contributed by atoms with E-state index >= 15 is 4.39 Å². The van der Waals surface area contributed by atoms with Gasteiger partial charge in [0.05, 0.1) is 23.5 Å². The van der Waals surface area contributed by atoms with E-state index in [9.17, 15) is 28.3 Å². The van der Waals surface area contributed by atoms with Crippen molar-refractivity contribution < 1.29 is 32.7 Å². The van der Waals surface area contributed by atoms with E-state index in [1.54, 1.807) is 42.2 Å². The summed E-state index contributed by atoms with van der Waals surface area (Å²) in [6, 6.07) is 13.7. The fourth-order valence-corrected chi connectivity index (χ4v) is 9.15. The number of piperidine rings is 3. The lowest BCUT2D eigenvalue weighted by molar-refractivity contribution is -0.125. The van der Waals surface area contributed by atoms with Gasteiger partial charge in [0.2, 0.25) is 12.3 Å². The van der Waals surface area contributed by atoms with Crippen LogP contribution in [0, 0.1) is 13.8 Å². The van der Waals surface area contributed by atoms with Gasteiger partial charge in [0.25, 0.3) is 5.92 Å². The van der Waals surface area contributed by atoms with Crippen LogP contribution < -0.4 is 27.4 Å². The molecular weight excluding hydrogens is 838 g/mol. The highest BCUT2D eigenvalue weighted by molar-refractivity contribution is 5.86. The second-order valence-corrected chi connectivity index (χ2v) is 17.8. The smallest absolute Gasteiger partial charge is 0.258 e. The predicted molar refractivity (Wildman–Crippen MR) is 248 cm³/mol. The summed E-state index contributed by atoms with van der Waals surface area (Å²) in [5.41, 5.74) is 22.4. The molecule has 65 heavy (non-hydrogen) atoms. The van der Waals surface area contributed by atoms with E-state index in [4.69, 9.17) is 22.2 Å². The quantitative estimate of drug-likeness (QED) is 0.0834. The number of imide groups is 1. The maximum Gasteiger partial charge on any atom is 0.258 e. The van der Waals surface area contributed by atoms with E-state index < -0.39 is 23.9 Å². The maximum atomic E-state index is 15.3. The number of phenols is 1. The number of halogens is 3. The zero-order valence-corrected chi connectivity index (χ0v) is 37.8. The number of carbonyl (C=O) groups is 3. The highest BCUT2D eigenvalue weighted by Gasteiger charge is 2.46. The third-order valence-electron chi connectivity index (χ3n) is 13.1. The van der Waals surface area contributed by atoms with Crippen LogP contribution in [-0.4, -0.2) is 126 Å². The number of nitrogens with two attached hydrogens (primary N) is 3. The van der Waals surface area contributed by atoms with Crippen molar-refractivity contribution in [3.05, 3.63) is 106 Å². The first-order chi connectivity index (χ1) is 30.9. The number of aromatic hydroxyl groups is 1. The van der Waals surface area contributed by atoms with Crippen molar-refractivity contribution in [2.24, 2.45) is 17.2 Å². The summed E-state index contributed by atoms with van der Waals surface area (Å²) in [6.07, 6.45) is 9.72. The molecule has 3 fully saturated rings. The molecule has 2 aromatic carbocycles. The molecule has 3 aliphatic heterocycles. The van der Waals surface area contributed by atoms with E-state index in [1.807, 2.05) is 18.1 Å². The van der Waals surface area contributed by atoms with Gasteiger partial charge in [-0.2, -0.15) is 0 Å². The van der Waals surface area contributed by atoms with E-state index in [0.717, 1.165) is 55.7 Å². The van der Waals surface area contributed by atoms with Crippen LogP contribution in [0.15, 0.2) is 78.5 Å². The summed E-state index contributed by atoms with van der Waals surface area (Å²) >= 11 is 0. The lowest BCUT2D eigenvalue weighted by Crippen LogP contribution is -2.49. The molecule has 1 atom stereocenters. The molecule has 0 bridgehead atoms. The Labute approximate surface area is 378 Å². The Kier molecular flexibility index (Phi) is 15.5. The molecule has 17 heteroatoms. The predicted octanol–water partition coefficient (Wildman–Crippen LogP) is 5.54. The number of hydrogen-bond donors (Lipinski definition) is 5. The summed E-state index contributed by atoms with van der Waals surface area (Å²) in [5.74, 6) is -4.42. The lowest BCUT2D eigenvalue weighted by atomic mass is 9.84. The number of allylic oxidation sites excluding steroid dienone is 1. The lowest BCUT2D eigenvalue weighted by Gasteiger charge is -2.41. The average Bonchev–Trinajstić information content (AvgIpc) is 3.61. The van der Waals surface area contributed by atoms with E-state index in [1.165, 1.54) is 23.8 Å². The number of hydrogen-bond acceptors (Lipinski definition) is 12. The molecule has 3 saturated heterocycles. The number of aromatic nitrogens is 2. The fourth-order valence-electron chi connectivity index (χ4n) is 9.15. The van der Waals surface area contributed by atoms with E-state index in [0.29, 0.717) is 72.6 Å². The van der Waals surface area contributed by atoms with Crippen LogP contribution >= 0.6 is 0 Å². The van der Waals surface area contributed by atoms with Crippen molar-refractivity contribution >= 4 is 41.0 Å². The SMILES string of the molecule is Cc1cc(C=O)ccc1C1CN(C(/C=C(\N)c2ccccc2O)=C(N)N)CCC1(F)F.Cc1cn(C2CCN(CC3(F)CCN(C)CC3)CC2)c2ncc(N(C)CCC(=O)NC=O)cc12. The van der Waals surface area contributed by atoms with Gasteiger partial charge in [-0.1, -0.05) is 24.3 Å². The highest BCUT2D eigenvalue weighted by atomic mass is 19.3. The second-order valence-electron chi connectivity index (χ2n) is 17.8. The van der Waals surface area contributed by atoms with Crippen LogP contribution in [0.5, 0.6) is 5.75 Å². The molecule has 1 unspecified atom stereocenters. The Bertz CT molecular complexity index is 2380. The molecule has 2 amide bonds. The molecule has 350 valence electrons. The number of pyridine rings is 1. The Hall–Kier alpha value is -6.07. The summed E-state index contributed by atoms with van der Waals surface area (Å²) in [4.78, 5) is 45.9. The Morgan fingerprint density at radius 1 is 0.969 bits per heavy atom. The van der Waals surface area contributed by atoms with Crippen LogP contribution in [0.3, 0.4) is 0 Å². The number of aryl methyl sites for hydroxylation is 2. The number of para-hydroxylation sites is 1. The molecule has 0 aliphatic carbocycles. The van der Waals surface area contributed by atoms with Crippen molar-refractivity contribution in [3.63, 3.8) is 0 Å². The normalized spacial score (nSPS) is 19.2. The number of phenolic OH excluding ortho intramolecular Hbond substituents is 1. The van der Waals surface area contributed by atoms with Crippen LogP contribution in [0.4, 0.5) is 18.9 Å². The standard InChI is InChI=1S/C25H37FN6O2.C23H26F2N4O2/c1-19-16-32(20-4-10-31(11-5-20)17-25(26)7-12-29(2)13-8-25)24-22(19)14-21(15-27-24)30(3)9-6-23(34)28-18-33;1-14-10-15(13-30)6-7-16(14)18-12-29(9-8-23(18,24)25)20(22(27)28)11-19(26)17-4-2-3-5-21(17)31/h14-16,18,20H,4-13,17H2,1-3H3,(H,28,33,34);2-7,10-11,13,18,31H,8-9,12,26-28H2,1H3/b;19-11-. The van der Waals surface area contributed by atoms with Crippen molar-refractivity contribution in [1.29, 1.82) is 0 Å². The molecular formula is C48H63F3N10O4. The van der Waals surface area contributed by atoms with Gasteiger partial charge in [-0.15, -0.1) is 0 Å².